The van der Waals surface area contributed by atoms with Crippen LogP contribution in [0.1, 0.15) is 24.8 Å². The largest absolute Gasteiger partial charge is 0.488 e. The first kappa shape index (κ1) is 20.2. The van der Waals surface area contributed by atoms with Crippen LogP contribution in [0.15, 0.2) is 48.5 Å². The average molecular weight is 418 g/mol. The van der Waals surface area contributed by atoms with Crippen LogP contribution in [0.3, 0.4) is 0 Å². The third kappa shape index (κ3) is 4.90. The van der Waals surface area contributed by atoms with Crippen molar-refractivity contribution >= 4 is 17.5 Å². The van der Waals surface area contributed by atoms with Crippen molar-refractivity contribution in [2.24, 2.45) is 11.8 Å². The van der Waals surface area contributed by atoms with Crippen molar-refractivity contribution < 1.29 is 19.0 Å². The highest BCUT2D eigenvalue weighted by molar-refractivity contribution is 6.30. The van der Waals surface area contributed by atoms with Crippen LogP contribution in [0.25, 0.3) is 0 Å². The van der Waals surface area contributed by atoms with Gasteiger partial charge in [0.2, 0.25) is 5.91 Å². The maximum atomic E-state index is 13.0. The van der Waals surface area contributed by atoms with E-state index in [9.17, 15) is 14.3 Å². The molecule has 154 valence electrons. The molecule has 4 atom stereocenters. The van der Waals surface area contributed by atoms with Gasteiger partial charge in [-0.15, -0.1) is 0 Å². The molecule has 0 aromatic heterocycles. The van der Waals surface area contributed by atoms with E-state index in [1.165, 1.54) is 12.1 Å². The summed E-state index contributed by atoms with van der Waals surface area (Å²) in [4.78, 5) is 14.6. The number of nitrogens with zero attached hydrogens (tertiary/aromatic N) is 1. The number of rotatable bonds is 5. The number of aryl methyl sites for hydroxylation is 1. The number of benzene rings is 2. The van der Waals surface area contributed by atoms with E-state index < -0.39 is 6.10 Å². The fraction of sp³-hybridized carbons (Fsp3) is 0.435. The molecule has 0 unspecified atom stereocenters. The third-order valence-electron chi connectivity index (χ3n) is 6.06. The summed E-state index contributed by atoms with van der Waals surface area (Å²) in [5.74, 6) is 1.14. The Morgan fingerprint density at radius 2 is 1.86 bits per heavy atom. The fourth-order valence-electron chi connectivity index (χ4n) is 4.50. The Hall–Kier alpha value is -2.11. The maximum Gasteiger partial charge on any atom is 0.222 e. The molecule has 2 aromatic carbocycles. The van der Waals surface area contributed by atoms with E-state index in [1.54, 1.807) is 24.3 Å². The van der Waals surface area contributed by atoms with Gasteiger partial charge in [0.05, 0.1) is 6.10 Å². The van der Waals surface area contributed by atoms with Gasteiger partial charge >= 0.3 is 0 Å². The number of halogens is 2. The number of fused-ring (bicyclic) bond motifs is 1. The zero-order chi connectivity index (χ0) is 20.4. The standard InChI is InChI=1S/C23H25ClFNO3/c24-18-2-1-3-20(12-18)29-22-11-17-14-26(13-16(17)10-21(22)27)23(28)9-6-15-4-7-19(25)8-5-15/h1-5,7-8,12,16-17,21-22,27H,6,9-11,13-14H2/t16-,17+,21+,22+/m0/s1. The van der Waals surface area contributed by atoms with Crippen molar-refractivity contribution in [1.29, 1.82) is 0 Å². The molecule has 2 fully saturated rings. The Kier molecular flexibility index (Phi) is 6.07. The first-order valence-corrected chi connectivity index (χ1v) is 10.5. The Bertz CT molecular complexity index is 859. The van der Waals surface area contributed by atoms with Gasteiger partial charge in [-0.1, -0.05) is 29.8 Å². The smallest absolute Gasteiger partial charge is 0.222 e. The lowest BCUT2D eigenvalue weighted by molar-refractivity contribution is -0.130. The van der Waals surface area contributed by atoms with E-state index in [0.717, 1.165) is 12.0 Å². The van der Waals surface area contributed by atoms with E-state index in [0.29, 0.717) is 55.0 Å². The van der Waals surface area contributed by atoms with Crippen molar-refractivity contribution in [2.45, 2.75) is 37.9 Å². The monoisotopic (exact) mass is 417 g/mol. The highest BCUT2D eigenvalue weighted by Gasteiger charge is 2.43. The molecule has 0 bridgehead atoms. The van der Waals surface area contributed by atoms with Crippen LogP contribution in [0.5, 0.6) is 5.75 Å². The third-order valence-corrected chi connectivity index (χ3v) is 6.30. The number of carbonyl (C=O) groups is 1. The summed E-state index contributed by atoms with van der Waals surface area (Å²) in [5.41, 5.74) is 0.960. The highest BCUT2D eigenvalue weighted by atomic mass is 35.5. The van der Waals surface area contributed by atoms with Crippen LogP contribution in [0, 0.1) is 17.7 Å². The Morgan fingerprint density at radius 1 is 1.14 bits per heavy atom. The van der Waals surface area contributed by atoms with Crippen LogP contribution in [0.2, 0.25) is 5.02 Å². The Labute approximate surface area is 175 Å². The number of aliphatic hydroxyl groups excluding tert-OH is 1. The van der Waals surface area contributed by atoms with E-state index >= 15 is 0 Å². The van der Waals surface area contributed by atoms with E-state index in [4.69, 9.17) is 16.3 Å². The summed E-state index contributed by atoms with van der Waals surface area (Å²) in [6.45, 7) is 1.39. The number of likely N-dealkylation sites (tertiary alicyclic amines) is 1. The Morgan fingerprint density at radius 3 is 2.59 bits per heavy atom. The molecule has 29 heavy (non-hydrogen) atoms. The van der Waals surface area contributed by atoms with Crippen LogP contribution in [-0.4, -0.2) is 41.2 Å². The van der Waals surface area contributed by atoms with Gasteiger partial charge in [-0.05, 0) is 67.0 Å². The van der Waals surface area contributed by atoms with E-state index in [2.05, 4.69) is 0 Å². The molecule has 1 amide bonds. The van der Waals surface area contributed by atoms with Gasteiger partial charge in [-0.3, -0.25) is 4.79 Å². The van der Waals surface area contributed by atoms with E-state index in [-0.39, 0.29) is 17.8 Å². The number of carbonyl (C=O) groups excluding carboxylic acids is 1. The van der Waals surface area contributed by atoms with Crippen LogP contribution in [0.4, 0.5) is 4.39 Å². The second-order valence-corrected chi connectivity index (χ2v) is 8.53. The van der Waals surface area contributed by atoms with Crippen molar-refractivity contribution in [1.82, 2.24) is 4.90 Å². The topological polar surface area (TPSA) is 49.8 Å². The molecule has 2 aromatic rings. The van der Waals surface area contributed by atoms with Gasteiger partial charge in [0.25, 0.3) is 0 Å². The summed E-state index contributed by atoms with van der Waals surface area (Å²) >= 11 is 6.02. The fourth-order valence-corrected chi connectivity index (χ4v) is 4.68. The second kappa shape index (κ2) is 8.72. The zero-order valence-electron chi connectivity index (χ0n) is 16.1. The van der Waals surface area contributed by atoms with Crippen molar-refractivity contribution in [2.75, 3.05) is 13.1 Å². The normalized spacial score (nSPS) is 26.2. The predicted molar refractivity (Wildman–Crippen MR) is 109 cm³/mol. The lowest BCUT2D eigenvalue weighted by atomic mass is 9.78. The zero-order valence-corrected chi connectivity index (χ0v) is 16.9. The molecular formula is C23H25ClFNO3. The molecule has 1 aliphatic heterocycles. The minimum Gasteiger partial charge on any atom is -0.488 e. The number of hydrogen-bond donors (Lipinski definition) is 1. The lowest BCUT2D eigenvalue weighted by Crippen LogP contribution is -2.42. The van der Waals surface area contributed by atoms with Crippen molar-refractivity contribution in [3.8, 4) is 5.75 Å². The minimum atomic E-state index is -0.551. The summed E-state index contributed by atoms with van der Waals surface area (Å²) in [6, 6.07) is 13.5. The molecular weight excluding hydrogens is 393 g/mol. The summed E-state index contributed by atoms with van der Waals surface area (Å²) in [7, 11) is 0. The molecule has 1 saturated heterocycles. The van der Waals surface area contributed by atoms with Gasteiger partial charge in [-0.2, -0.15) is 0 Å². The van der Waals surface area contributed by atoms with Gasteiger partial charge < -0.3 is 14.7 Å². The number of aliphatic hydroxyl groups is 1. The molecule has 1 aliphatic carbocycles. The van der Waals surface area contributed by atoms with Gasteiger partial charge in [0.15, 0.2) is 0 Å². The van der Waals surface area contributed by atoms with Gasteiger partial charge in [0, 0.05) is 24.5 Å². The van der Waals surface area contributed by atoms with Crippen molar-refractivity contribution in [3.05, 3.63) is 64.9 Å². The van der Waals surface area contributed by atoms with Crippen molar-refractivity contribution in [3.63, 3.8) is 0 Å². The quantitative estimate of drug-likeness (QED) is 0.797. The molecule has 4 nitrogen and oxygen atoms in total. The number of amides is 1. The first-order chi connectivity index (χ1) is 14.0. The maximum absolute atomic E-state index is 13.0. The number of ether oxygens (including phenoxy) is 1. The molecule has 4 rings (SSSR count). The minimum absolute atomic E-state index is 0.116. The van der Waals surface area contributed by atoms with E-state index in [1.807, 2.05) is 17.0 Å². The average Bonchev–Trinajstić information content (AvgIpc) is 3.10. The van der Waals surface area contributed by atoms with Crippen LogP contribution in [-0.2, 0) is 11.2 Å². The predicted octanol–water partition coefficient (Wildman–Crippen LogP) is 4.09. The highest BCUT2D eigenvalue weighted by Crippen LogP contribution is 2.38. The molecule has 1 N–H and O–H groups in total. The first-order valence-electron chi connectivity index (χ1n) is 10.1. The molecule has 6 heteroatoms. The molecule has 1 heterocycles. The molecule has 1 saturated carbocycles. The molecule has 2 aliphatic rings. The van der Waals surface area contributed by atoms with Gasteiger partial charge in [-0.25, -0.2) is 4.39 Å². The second-order valence-electron chi connectivity index (χ2n) is 8.10. The summed E-state index contributed by atoms with van der Waals surface area (Å²) in [5, 5.41) is 11.2. The number of hydrogen-bond acceptors (Lipinski definition) is 3. The molecule has 0 radical (unpaired) electrons. The van der Waals surface area contributed by atoms with Gasteiger partial charge in [0.1, 0.15) is 17.7 Å². The SMILES string of the molecule is O=C(CCc1ccc(F)cc1)N1C[C@H]2C[C@@H](Oc3cccc(Cl)c3)[C@H](O)C[C@H]2C1. The molecule has 0 spiro atoms. The summed E-state index contributed by atoms with van der Waals surface area (Å²) < 4.78 is 19.0. The van der Waals surface area contributed by atoms with Crippen LogP contribution >= 0.6 is 11.6 Å². The summed E-state index contributed by atoms with van der Waals surface area (Å²) in [6.07, 6.45) is 1.54. The van der Waals surface area contributed by atoms with Crippen LogP contribution < -0.4 is 4.74 Å². The lowest BCUT2D eigenvalue weighted by Gasteiger charge is -2.35. The Balaban J connectivity index is 1.32.